The highest BCUT2D eigenvalue weighted by atomic mass is 14.6. The largest absolute Gasteiger partial charge is 0.324 e. The van der Waals surface area contributed by atoms with Crippen LogP contribution in [0.5, 0.6) is 0 Å². The molecule has 1 nitrogen and oxygen atoms in total. The van der Waals surface area contributed by atoms with Crippen LogP contribution in [0.2, 0.25) is 0 Å². The standard InChI is InChI=1S/C12H19N/c1-4-6-12(13)11-8-5-7-9(2)10(11)3/h5,7-8,12H,4,6,13H2,1-3H3/t12-/m0/s1. The van der Waals surface area contributed by atoms with E-state index in [4.69, 9.17) is 5.73 Å². The van der Waals surface area contributed by atoms with Gasteiger partial charge in [-0.1, -0.05) is 31.5 Å². The Morgan fingerprint density at radius 1 is 1.31 bits per heavy atom. The monoisotopic (exact) mass is 177 g/mol. The van der Waals surface area contributed by atoms with Crippen molar-refractivity contribution in [2.24, 2.45) is 5.73 Å². The van der Waals surface area contributed by atoms with Crippen LogP contribution in [0, 0.1) is 13.8 Å². The van der Waals surface area contributed by atoms with E-state index in [0.717, 1.165) is 12.8 Å². The van der Waals surface area contributed by atoms with Crippen molar-refractivity contribution in [2.75, 3.05) is 0 Å². The summed E-state index contributed by atoms with van der Waals surface area (Å²) in [5, 5.41) is 0. The van der Waals surface area contributed by atoms with Crippen molar-refractivity contribution < 1.29 is 0 Å². The van der Waals surface area contributed by atoms with Crippen molar-refractivity contribution >= 4 is 0 Å². The highest BCUT2D eigenvalue weighted by Crippen LogP contribution is 2.21. The van der Waals surface area contributed by atoms with E-state index in [1.54, 1.807) is 0 Å². The molecule has 0 radical (unpaired) electrons. The summed E-state index contributed by atoms with van der Waals surface area (Å²) in [6.45, 7) is 6.46. The summed E-state index contributed by atoms with van der Waals surface area (Å²) < 4.78 is 0. The minimum atomic E-state index is 0.213. The molecule has 0 unspecified atom stereocenters. The minimum Gasteiger partial charge on any atom is -0.324 e. The Kier molecular flexibility index (Phi) is 3.49. The molecule has 0 aliphatic heterocycles. The van der Waals surface area contributed by atoms with Crippen LogP contribution in [0.15, 0.2) is 18.2 Å². The Morgan fingerprint density at radius 2 is 2.00 bits per heavy atom. The molecular formula is C12H19N. The third-order valence-corrected chi connectivity index (χ3v) is 2.65. The van der Waals surface area contributed by atoms with Gasteiger partial charge in [0.15, 0.2) is 0 Å². The molecular weight excluding hydrogens is 158 g/mol. The van der Waals surface area contributed by atoms with E-state index in [-0.39, 0.29) is 6.04 Å². The molecule has 0 aliphatic rings. The fourth-order valence-electron chi connectivity index (χ4n) is 1.64. The molecule has 1 atom stereocenters. The first-order valence-corrected chi connectivity index (χ1v) is 4.98. The summed E-state index contributed by atoms with van der Waals surface area (Å²) in [6, 6.07) is 6.58. The van der Waals surface area contributed by atoms with Crippen LogP contribution < -0.4 is 5.73 Å². The van der Waals surface area contributed by atoms with E-state index in [1.165, 1.54) is 16.7 Å². The lowest BCUT2D eigenvalue weighted by Crippen LogP contribution is -2.11. The third kappa shape index (κ3) is 2.31. The molecule has 0 spiro atoms. The molecule has 1 heteroatoms. The summed E-state index contributed by atoms with van der Waals surface area (Å²) in [5.41, 5.74) is 10.1. The molecule has 0 amide bonds. The number of hydrogen-bond acceptors (Lipinski definition) is 1. The molecule has 0 saturated heterocycles. The number of hydrogen-bond donors (Lipinski definition) is 1. The highest BCUT2D eigenvalue weighted by molar-refractivity contribution is 5.35. The lowest BCUT2D eigenvalue weighted by molar-refractivity contribution is 0.634. The van der Waals surface area contributed by atoms with Crippen LogP contribution in [0.4, 0.5) is 0 Å². The average molecular weight is 177 g/mol. The molecule has 1 rings (SSSR count). The smallest absolute Gasteiger partial charge is 0.0297 e. The molecule has 0 heterocycles. The Balaban J connectivity index is 2.93. The molecule has 13 heavy (non-hydrogen) atoms. The van der Waals surface area contributed by atoms with E-state index >= 15 is 0 Å². The van der Waals surface area contributed by atoms with Crippen LogP contribution in [-0.2, 0) is 0 Å². The SMILES string of the molecule is CCC[C@H](N)c1cccc(C)c1C. The Morgan fingerprint density at radius 3 is 2.62 bits per heavy atom. The molecule has 1 aromatic carbocycles. The predicted octanol–water partition coefficient (Wildman–Crippen LogP) is 3.10. The summed E-state index contributed by atoms with van der Waals surface area (Å²) >= 11 is 0. The molecule has 0 fully saturated rings. The highest BCUT2D eigenvalue weighted by Gasteiger charge is 2.08. The van der Waals surface area contributed by atoms with Crippen LogP contribution in [-0.4, -0.2) is 0 Å². The number of nitrogens with two attached hydrogens (primary N) is 1. The fourth-order valence-corrected chi connectivity index (χ4v) is 1.64. The molecule has 0 aliphatic carbocycles. The van der Waals surface area contributed by atoms with Gasteiger partial charge in [0.1, 0.15) is 0 Å². The molecule has 72 valence electrons. The summed E-state index contributed by atoms with van der Waals surface area (Å²) in [4.78, 5) is 0. The molecule has 1 aromatic rings. The molecule has 0 saturated carbocycles. The zero-order chi connectivity index (χ0) is 9.84. The molecule has 2 N–H and O–H groups in total. The van der Waals surface area contributed by atoms with E-state index in [9.17, 15) is 0 Å². The zero-order valence-electron chi connectivity index (χ0n) is 8.80. The zero-order valence-corrected chi connectivity index (χ0v) is 8.80. The maximum atomic E-state index is 6.08. The van der Waals surface area contributed by atoms with E-state index < -0.39 is 0 Å². The quantitative estimate of drug-likeness (QED) is 0.754. The van der Waals surface area contributed by atoms with Gasteiger partial charge in [-0.2, -0.15) is 0 Å². The van der Waals surface area contributed by atoms with Gasteiger partial charge in [-0.25, -0.2) is 0 Å². The van der Waals surface area contributed by atoms with Crippen LogP contribution in [0.1, 0.15) is 42.5 Å². The minimum absolute atomic E-state index is 0.213. The van der Waals surface area contributed by atoms with Gasteiger partial charge in [-0.3, -0.25) is 0 Å². The van der Waals surface area contributed by atoms with Crippen molar-refractivity contribution in [3.05, 3.63) is 34.9 Å². The Hall–Kier alpha value is -0.820. The van der Waals surface area contributed by atoms with Crippen molar-refractivity contribution in [3.63, 3.8) is 0 Å². The van der Waals surface area contributed by atoms with Crippen molar-refractivity contribution in [1.82, 2.24) is 0 Å². The summed E-state index contributed by atoms with van der Waals surface area (Å²) in [5.74, 6) is 0. The van der Waals surface area contributed by atoms with Gasteiger partial charge >= 0.3 is 0 Å². The van der Waals surface area contributed by atoms with Gasteiger partial charge in [0.25, 0.3) is 0 Å². The normalized spacial score (nSPS) is 12.9. The summed E-state index contributed by atoms with van der Waals surface area (Å²) in [7, 11) is 0. The van der Waals surface area contributed by atoms with E-state index in [0.29, 0.717) is 0 Å². The van der Waals surface area contributed by atoms with Gasteiger partial charge in [0.05, 0.1) is 0 Å². The third-order valence-electron chi connectivity index (χ3n) is 2.65. The van der Waals surface area contributed by atoms with E-state index in [2.05, 4.69) is 39.0 Å². The first kappa shape index (κ1) is 10.3. The van der Waals surface area contributed by atoms with Crippen LogP contribution in [0.25, 0.3) is 0 Å². The maximum Gasteiger partial charge on any atom is 0.0297 e. The van der Waals surface area contributed by atoms with Crippen LogP contribution >= 0.6 is 0 Å². The first-order chi connectivity index (χ1) is 6.16. The van der Waals surface area contributed by atoms with Gasteiger partial charge in [0.2, 0.25) is 0 Å². The topological polar surface area (TPSA) is 26.0 Å². The van der Waals surface area contributed by atoms with Gasteiger partial charge < -0.3 is 5.73 Å². The summed E-state index contributed by atoms with van der Waals surface area (Å²) in [6.07, 6.45) is 2.22. The first-order valence-electron chi connectivity index (χ1n) is 4.98. The molecule has 0 aromatic heterocycles. The molecule has 0 bridgehead atoms. The second-order valence-electron chi connectivity index (χ2n) is 3.68. The predicted molar refractivity (Wildman–Crippen MR) is 57.8 cm³/mol. The van der Waals surface area contributed by atoms with Gasteiger partial charge in [-0.15, -0.1) is 0 Å². The van der Waals surface area contributed by atoms with Gasteiger partial charge in [0, 0.05) is 6.04 Å². The second kappa shape index (κ2) is 4.43. The maximum absolute atomic E-state index is 6.08. The number of benzene rings is 1. The lowest BCUT2D eigenvalue weighted by Gasteiger charge is -2.15. The van der Waals surface area contributed by atoms with Crippen LogP contribution in [0.3, 0.4) is 0 Å². The van der Waals surface area contributed by atoms with Crippen molar-refractivity contribution in [1.29, 1.82) is 0 Å². The van der Waals surface area contributed by atoms with Crippen molar-refractivity contribution in [3.8, 4) is 0 Å². The Labute approximate surface area is 81.0 Å². The average Bonchev–Trinajstić information content (AvgIpc) is 2.10. The second-order valence-corrected chi connectivity index (χ2v) is 3.68. The number of aryl methyl sites for hydroxylation is 1. The van der Waals surface area contributed by atoms with Gasteiger partial charge in [-0.05, 0) is 37.0 Å². The van der Waals surface area contributed by atoms with Crippen molar-refractivity contribution in [2.45, 2.75) is 39.7 Å². The fraction of sp³-hybridized carbons (Fsp3) is 0.500. The lowest BCUT2D eigenvalue weighted by atomic mass is 9.95. The number of rotatable bonds is 3. The Bertz CT molecular complexity index is 278. The van der Waals surface area contributed by atoms with E-state index in [1.807, 2.05) is 0 Å².